The van der Waals surface area contributed by atoms with Gasteiger partial charge in [0.25, 0.3) is 0 Å². The molecular formula is C27H54N2. The van der Waals surface area contributed by atoms with Gasteiger partial charge in [-0.2, -0.15) is 0 Å². The summed E-state index contributed by atoms with van der Waals surface area (Å²) in [5.74, 6) is 0. The molecule has 29 heavy (non-hydrogen) atoms. The number of hydrogen-bond donors (Lipinski definition) is 0. The predicted molar refractivity (Wildman–Crippen MR) is 131 cm³/mol. The molecule has 0 radical (unpaired) electrons. The molecule has 0 aromatic heterocycles. The smallest absolute Gasteiger partial charge is 0.101 e. The van der Waals surface area contributed by atoms with Gasteiger partial charge < -0.3 is 9.80 Å². The molecule has 0 amide bonds. The Morgan fingerprint density at radius 1 is 0.448 bits per heavy atom. The summed E-state index contributed by atoms with van der Waals surface area (Å²) in [6.07, 6.45) is 32.1. The predicted octanol–water partition coefficient (Wildman–Crippen LogP) is 8.87. The first kappa shape index (κ1) is 26.4. The van der Waals surface area contributed by atoms with Crippen LogP contribution in [0.2, 0.25) is 0 Å². The SMILES string of the molecule is CCCCCCCCCCCCCCN1C=CN(CCCCCCC)C1CCC. The molecule has 0 saturated heterocycles. The van der Waals surface area contributed by atoms with Gasteiger partial charge in [0.2, 0.25) is 0 Å². The normalized spacial score (nSPS) is 16.3. The monoisotopic (exact) mass is 406 g/mol. The van der Waals surface area contributed by atoms with Gasteiger partial charge in [-0.05, 0) is 19.3 Å². The molecule has 1 rings (SSSR count). The second kappa shape index (κ2) is 19.3. The summed E-state index contributed by atoms with van der Waals surface area (Å²) >= 11 is 0. The molecule has 1 aliphatic heterocycles. The van der Waals surface area contributed by atoms with Gasteiger partial charge >= 0.3 is 0 Å². The zero-order valence-electron chi connectivity index (χ0n) is 20.5. The standard InChI is InChI=1S/C27H54N2/c1-4-7-9-11-12-13-14-15-16-17-19-21-24-29-26-25-28(27(29)22-6-3)23-20-18-10-8-5-2/h25-27H,4-24H2,1-3H3. The van der Waals surface area contributed by atoms with E-state index in [9.17, 15) is 0 Å². The van der Waals surface area contributed by atoms with Crippen molar-refractivity contribution in [3.8, 4) is 0 Å². The number of rotatable bonds is 21. The van der Waals surface area contributed by atoms with Crippen LogP contribution in [0.15, 0.2) is 12.4 Å². The van der Waals surface area contributed by atoms with E-state index in [1.54, 1.807) is 0 Å². The molecule has 1 unspecified atom stereocenters. The van der Waals surface area contributed by atoms with Crippen molar-refractivity contribution in [3.63, 3.8) is 0 Å². The van der Waals surface area contributed by atoms with Crippen molar-refractivity contribution in [2.45, 2.75) is 149 Å². The fourth-order valence-corrected chi connectivity index (χ4v) is 4.63. The average Bonchev–Trinajstić information content (AvgIpc) is 3.10. The molecule has 2 nitrogen and oxygen atoms in total. The Hall–Kier alpha value is -0.660. The average molecular weight is 407 g/mol. The lowest BCUT2D eigenvalue weighted by molar-refractivity contribution is 0.138. The van der Waals surface area contributed by atoms with E-state index < -0.39 is 0 Å². The molecule has 2 heteroatoms. The minimum Gasteiger partial charge on any atom is -0.356 e. The van der Waals surface area contributed by atoms with Crippen LogP contribution in [0.25, 0.3) is 0 Å². The Morgan fingerprint density at radius 3 is 1.14 bits per heavy atom. The molecule has 172 valence electrons. The molecule has 0 saturated carbocycles. The van der Waals surface area contributed by atoms with Gasteiger partial charge in [0.05, 0.1) is 0 Å². The van der Waals surface area contributed by atoms with Gasteiger partial charge in [0.1, 0.15) is 6.17 Å². The van der Waals surface area contributed by atoms with Crippen LogP contribution in [0.4, 0.5) is 0 Å². The zero-order valence-corrected chi connectivity index (χ0v) is 20.5. The lowest BCUT2D eigenvalue weighted by Crippen LogP contribution is -2.39. The van der Waals surface area contributed by atoms with E-state index in [1.807, 2.05) is 0 Å². The van der Waals surface area contributed by atoms with E-state index in [1.165, 1.54) is 135 Å². The van der Waals surface area contributed by atoms with Gasteiger partial charge in [-0.3, -0.25) is 0 Å². The molecule has 0 fully saturated rings. The highest BCUT2D eigenvalue weighted by Crippen LogP contribution is 2.22. The maximum Gasteiger partial charge on any atom is 0.101 e. The number of hydrogen-bond acceptors (Lipinski definition) is 2. The first-order valence-corrected chi connectivity index (χ1v) is 13.5. The van der Waals surface area contributed by atoms with Crippen LogP contribution in [0.3, 0.4) is 0 Å². The molecule has 0 aromatic carbocycles. The van der Waals surface area contributed by atoms with Gasteiger partial charge in [-0.25, -0.2) is 0 Å². The van der Waals surface area contributed by atoms with Crippen molar-refractivity contribution in [3.05, 3.63) is 12.4 Å². The molecule has 0 aliphatic carbocycles. The summed E-state index contributed by atoms with van der Waals surface area (Å²) in [7, 11) is 0. The van der Waals surface area contributed by atoms with Crippen LogP contribution in [-0.2, 0) is 0 Å². The summed E-state index contributed by atoms with van der Waals surface area (Å²) in [5.41, 5.74) is 0. The molecule has 0 spiro atoms. The highest BCUT2D eigenvalue weighted by atomic mass is 15.4. The fraction of sp³-hybridized carbons (Fsp3) is 0.926. The quantitative estimate of drug-likeness (QED) is 0.176. The minimum atomic E-state index is 0.638. The summed E-state index contributed by atoms with van der Waals surface area (Å²) in [5, 5.41) is 0. The Morgan fingerprint density at radius 2 is 0.793 bits per heavy atom. The van der Waals surface area contributed by atoms with Gasteiger partial charge in [0.15, 0.2) is 0 Å². The molecule has 0 bridgehead atoms. The van der Waals surface area contributed by atoms with Crippen molar-refractivity contribution in [2.24, 2.45) is 0 Å². The molecule has 1 aliphatic rings. The molecule has 0 aromatic rings. The van der Waals surface area contributed by atoms with Crippen LogP contribution in [0.1, 0.15) is 143 Å². The minimum absolute atomic E-state index is 0.638. The Bertz CT molecular complexity index is 366. The van der Waals surface area contributed by atoms with Crippen LogP contribution >= 0.6 is 0 Å². The number of unbranched alkanes of at least 4 members (excludes halogenated alkanes) is 15. The lowest BCUT2D eigenvalue weighted by atomic mass is 10.1. The van der Waals surface area contributed by atoms with Crippen LogP contribution < -0.4 is 0 Å². The van der Waals surface area contributed by atoms with Crippen molar-refractivity contribution < 1.29 is 0 Å². The van der Waals surface area contributed by atoms with Crippen molar-refractivity contribution in [1.82, 2.24) is 9.80 Å². The van der Waals surface area contributed by atoms with E-state index in [2.05, 4.69) is 43.0 Å². The zero-order chi connectivity index (χ0) is 21.0. The largest absolute Gasteiger partial charge is 0.356 e. The fourth-order valence-electron chi connectivity index (χ4n) is 4.63. The van der Waals surface area contributed by atoms with E-state index in [-0.39, 0.29) is 0 Å². The van der Waals surface area contributed by atoms with Gasteiger partial charge in [-0.1, -0.05) is 124 Å². The summed E-state index contributed by atoms with van der Waals surface area (Å²) in [6.45, 7) is 9.44. The van der Waals surface area contributed by atoms with Crippen molar-refractivity contribution in [2.75, 3.05) is 13.1 Å². The van der Waals surface area contributed by atoms with E-state index in [0.29, 0.717) is 6.17 Å². The van der Waals surface area contributed by atoms with E-state index >= 15 is 0 Å². The third-order valence-corrected chi connectivity index (χ3v) is 6.55. The van der Waals surface area contributed by atoms with Crippen LogP contribution in [0.5, 0.6) is 0 Å². The van der Waals surface area contributed by atoms with Crippen molar-refractivity contribution >= 4 is 0 Å². The second-order valence-corrected chi connectivity index (χ2v) is 9.35. The Balaban J connectivity index is 2.03. The van der Waals surface area contributed by atoms with E-state index in [0.717, 1.165) is 0 Å². The van der Waals surface area contributed by atoms with Gasteiger partial charge in [-0.15, -0.1) is 0 Å². The van der Waals surface area contributed by atoms with Gasteiger partial charge in [0, 0.05) is 25.5 Å². The molecular weight excluding hydrogens is 352 g/mol. The van der Waals surface area contributed by atoms with E-state index in [4.69, 9.17) is 0 Å². The maximum absolute atomic E-state index is 2.63. The summed E-state index contributed by atoms with van der Waals surface area (Å²) in [6, 6.07) is 0. The molecule has 0 N–H and O–H groups in total. The summed E-state index contributed by atoms with van der Waals surface area (Å²) in [4.78, 5) is 5.25. The Labute approximate surface area is 184 Å². The first-order valence-electron chi connectivity index (χ1n) is 13.5. The lowest BCUT2D eigenvalue weighted by Gasteiger charge is -2.33. The molecule has 1 atom stereocenters. The highest BCUT2D eigenvalue weighted by Gasteiger charge is 2.24. The molecule has 1 heterocycles. The van der Waals surface area contributed by atoms with Crippen LogP contribution in [0, 0.1) is 0 Å². The van der Waals surface area contributed by atoms with Crippen molar-refractivity contribution in [1.29, 1.82) is 0 Å². The van der Waals surface area contributed by atoms with Crippen LogP contribution in [-0.4, -0.2) is 29.1 Å². The topological polar surface area (TPSA) is 6.48 Å². The number of nitrogens with zero attached hydrogens (tertiary/aromatic N) is 2. The third kappa shape index (κ3) is 13.3. The first-order chi connectivity index (χ1) is 14.3. The maximum atomic E-state index is 2.63. The highest BCUT2D eigenvalue weighted by molar-refractivity contribution is 4.96. The third-order valence-electron chi connectivity index (χ3n) is 6.55. The second-order valence-electron chi connectivity index (χ2n) is 9.35. The summed E-state index contributed by atoms with van der Waals surface area (Å²) < 4.78 is 0. The Kier molecular flexibility index (Phi) is 17.6.